The van der Waals surface area contributed by atoms with Crippen molar-refractivity contribution in [3.05, 3.63) is 52.6 Å². The summed E-state index contributed by atoms with van der Waals surface area (Å²) in [5, 5.41) is 28.4. The van der Waals surface area contributed by atoms with E-state index in [2.05, 4.69) is 32.5 Å². The molecule has 0 bridgehead atoms. The van der Waals surface area contributed by atoms with Gasteiger partial charge in [-0.1, -0.05) is 24.3 Å². The summed E-state index contributed by atoms with van der Waals surface area (Å²) in [7, 11) is -9.51. The first kappa shape index (κ1) is 27.6. The molecule has 1 aromatic carbocycles. The second kappa shape index (κ2) is 10.5. The van der Waals surface area contributed by atoms with Crippen LogP contribution >= 0.6 is 26.8 Å². The van der Waals surface area contributed by atoms with Crippen molar-refractivity contribution >= 4 is 38.3 Å². The van der Waals surface area contributed by atoms with E-state index < -0.39 is 52.1 Å². The normalized spacial score (nSPS) is 26.9. The zero-order valence-electron chi connectivity index (χ0n) is 19.7. The Kier molecular flexibility index (Phi) is 7.66. The van der Waals surface area contributed by atoms with E-state index in [1.54, 1.807) is 0 Å². The summed E-state index contributed by atoms with van der Waals surface area (Å²) in [4.78, 5) is 36.2. The lowest BCUT2D eigenvalue weighted by Gasteiger charge is -2.18. The smallest absolute Gasteiger partial charge is 0.340 e. The number of aromatic nitrogens is 4. The Morgan fingerprint density at radius 2 is 1.95 bits per heavy atom. The van der Waals surface area contributed by atoms with Crippen molar-refractivity contribution < 1.29 is 43.3 Å². The number of nitrogens with one attached hydrogen (secondary N) is 1. The van der Waals surface area contributed by atoms with Crippen molar-refractivity contribution in [2.45, 2.75) is 43.2 Å². The predicted octanol–water partition coefficient (Wildman–Crippen LogP) is 1.42. The summed E-state index contributed by atoms with van der Waals surface area (Å²) in [6.07, 6.45) is -2.14. The van der Waals surface area contributed by atoms with Gasteiger partial charge >= 0.3 is 15.2 Å². The molecule has 2 aromatic heterocycles. The SMILES string of the molecule is O=P(O)(O)CP(=O)(O)OCC1OC(c2cnc3c(NC[C@@H]4CCc5ccccc54)nc(Cl)nn23)C(O)C1O. The van der Waals surface area contributed by atoms with Gasteiger partial charge < -0.3 is 39.5 Å². The molecule has 1 aliphatic carbocycles. The average molecular weight is 590 g/mol. The van der Waals surface area contributed by atoms with Crippen molar-refractivity contribution in [3.8, 4) is 0 Å². The molecule has 1 fully saturated rings. The Hall–Kier alpha value is -1.96. The van der Waals surface area contributed by atoms with Crippen molar-refractivity contribution in [3.63, 3.8) is 0 Å². The molecule has 1 saturated heterocycles. The lowest BCUT2D eigenvalue weighted by atomic mass is 10.0. The molecule has 3 heterocycles. The number of hydrogen-bond acceptors (Lipinski definition) is 10. The van der Waals surface area contributed by atoms with Gasteiger partial charge in [0.05, 0.1) is 18.5 Å². The molecule has 3 aromatic rings. The van der Waals surface area contributed by atoms with Gasteiger partial charge in [-0.25, -0.2) is 9.50 Å². The van der Waals surface area contributed by atoms with Gasteiger partial charge in [-0.05, 0) is 35.6 Å². The Labute approximate surface area is 221 Å². The van der Waals surface area contributed by atoms with E-state index >= 15 is 0 Å². The minimum Gasteiger partial charge on any atom is -0.387 e. The molecule has 5 unspecified atom stereocenters. The average Bonchev–Trinajstić information content (AvgIpc) is 3.51. The van der Waals surface area contributed by atoms with E-state index in [-0.39, 0.29) is 16.9 Å². The summed E-state index contributed by atoms with van der Waals surface area (Å²) in [6.45, 7) is -0.122. The molecule has 38 heavy (non-hydrogen) atoms. The van der Waals surface area contributed by atoms with Crippen LogP contribution in [-0.4, -0.2) is 81.8 Å². The third-order valence-electron chi connectivity index (χ3n) is 6.59. The molecule has 5 rings (SSSR count). The molecule has 0 radical (unpaired) electrons. The molecule has 0 amide bonds. The first-order valence-corrected chi connectivity index (χ1v) is 15.6. The first-order valence-electron chi connectivity index (χ1n) is 11.7. The second-order valence-electron chi connectivity index (χ2n) is 9.28. The van der Waals surface area contributed by atoms with E-state index in [4.69, 9.17) is 30.6 Å². The monoisotopic (exact) mass is 589 g/mol. The third-order valence-corrected chi connectivity index (χ3v) is 10.2. The topological polar surface area (TPSA) is 209 Å². The van der Waals surface area contributed by atoms with Gasteiger partial charge in [-0.3, -0.25) is 9.13 Å². The number of aliphatic hydroxyl groups excluding tert-OH is 2. The van der Waals surface area contributed by atoms with Crippen LogP contribution in [0, 0.1) is 0 Å². The molecule has 206 valence electrons. The maximum atomic E-state index is 11.9. The zero-order chi connectivity index (χ0) is 27.2. The predicted molar refractivity (Wildman–Crippen MR) is 134 cm³/mol. The number of anilines is 1. The van der Waals surface area contributed by atoms with Crippen LogP contribution in [0.25, 0.3) is 5.65 Å². The van der Waals surface area contributed by atoms with Crippen molar-refractivity contribution in [2.24, 2.45) is 0 Å². The van der Waals surface area contributed by atoms with Gasteiger partial charge in [-0.2, -0.15) is 4.98 Å². The summed E-state index contributed by atoms with van der Waals surface area (Å²) in [5.74, 6) is -0.745. The lowest BCUT2D eigenvalue weighted by molar-refractivity contribution is -0.0204. The quantitative estimate of drug-likeness (QED) is 0.195. The largest absolute Gasteiger partial charge is 0.387 e. The van der Waals surface area contributed by atoms with Crippen molar-refractivity contribution in [1.82, 2.24) is 19.6 Å². The van der Waals surface area contributed by atoms with Crippen molar-refractivity contribution in [1.29, 1.82) is 0 Å². The van der Waals surface area contributed by atoms with Gasteiger partial charge in [0.25, 0.3) is 0 Å². The fourth-order valence-corrected chi connectivity index (χ4v) is 7.59. The Bertz CT molecular complexity index is 1440. The highest BCUT2D eigenvalue weighted by Gasteiger charge is 2.46. The van der Waals surface area contributed by atoms with Crippen LogP contribution in [0.5, 0.6) is 0 Å². The molecule has 0 spiro atoms. The zero-order valence-corrected chi connectivity index (χ0v) is 22.3. The van der Waals surface area contributed by atoms with Gasteiger partial charge in [0.15, 0.2) is 17.4 Å². The highest BCUT2D eigenvalue weighted by molar-refractivity contribution is 7.70. The number of aryl methyl sites for hydroxylation is 1. The molecule has 0 saturated carbocycles. The van der Waals surface area contributed by atoms with Crippen molar-refractivity contribution in [2.75, 3.05) is 24.4 Å². The van der Waals surface area contributed by atoms with Crippen LogP contribution in [0.15, 0.2) is 30.5 Å². The minimum atomic E-state index is -4.83. The number of halogens is 1. The maximum Gasteiger partial charge on any atom is 0.340 e. The van der Waals surface area contributed by atoms with Crippen LogP contribution in [0.1, 0.15) is 35.3 Å². The molecular formula is C21H26ClN5O9P2. The summed E-state index contributed by atoms with van der Waals surface area (Å²) >= 11 is 6.18. The van der Waals surface area contributed by atoms with Crippen LogP contribution in [0.4, 0.5) is 5.82 Å². The number of fused-ring (bicyclic) bond motifs is 2. The molecular weight excluding hydrogens is 564 g/mol. The molecule has 1 aliphatic heterocycles. The lowest BCUT2D eigenvalue weighted by Crippen LogP contribution is -2.33. The highest BCUT2D eigenvalue weighted by Crippen LogP contribution is 2.55. The second-order valence-corrected chi connectivity index (χ2v) is 13.6. The molecule has 6 N–H and O–H groups in total. The summed E-state index contributed by atoms with van der Waals surface area (Å²) in [6, 6.07) is 8.25. The van der Waals surface area contributed by atoms with Gasteiger partial charge in [0.1, 0.15) is 24.4 Å². The van der Waals surface area contributed by atoms with Crippen LogP contribution < -0.4 is 5.32 Å². The van der Waals surface area contributed by atoms with Crippen LogP contribution in [-0.2, 0) is 24.8 Å². The Morgan fingerprint density at radius 3 is 2.71 bits per heavy atom. The molecule has 2 aliphatic rings. The number of hydrogen-bond donors (Lipinski definition) is 6. The number of aliphatic hydroxyl groups is 2. The highest BCUT2D eigenvalue weighted by atomic mass is 35.5. The van der Waals surface area contributed by atoms with E-state index in [1.165, 1.54) is 21.8 Å². The Balaban J connectivity index is 1.32. The van der Waals surface area contributed by atoms with Gasteiger partial charge in [-0.15, -0.1) is 5.10 Å². The number of benzene rings is 1. The number of ether oxygens (including phenoxy) is 1. The third kappa shape index (κ3) is 5.80. The van der Waals surface area contributed by atoms with E-state index in [0.29, 0.717) is 18.0 Å². The summed E-state index contributed by atoms with van der Waals surface area (Å²) < 4.78 is 34.8. The Morgan fingerprint density at radius 1 is 1.18 bits per heavy atom. The van der Waals surface area contributed by atoms with Gasteiger partial charge in [0.2, 0.25) is 5.28 Å². The number of nitrogens with zero attached hydrogens (tertiary/aromatic N) is 4. The van der Waals surface area contributed by atoms with E-state index in [9.17, 15) is 24.2 Å². The minimum absolute atomic E-state index is 0.0994. The maximum absolute atomic E-state index is 11.9. The van der Waals surface area contributed by atoms with E-state index in [0.717, 1.165) is 12.8 Å². The molecule has 6 atom stereocenters. The number of imidazole rings is 1. The number of rotatable bonds is 9. The fourth-order valence-electron chi connectivity index (χ4n) is 4.86. The van der Waals surface area contributed by atoms with Crippen LogP contribution in [0.2, 0.25) is 5.28 Å². The van der Waals surface area contributed by atoms with Gasteiger partial charge in [0, 0.05) is 12.5 Å². The standard InChI is InChI=1S/C21H26ClN5O9P2/c22-21-25-19(23-7-12-6-5-11-3-1-2-4-13(11)12)20-24-8-14(27(20)26-21)18-17(29)16(28)15(36-18)9-35-38(33,34)10-37(30,31)32/h1-4,8,12,15-18,28-29H,5-7,9-10H2,(H,33,34)(H,23,25,26)(H2,30,31,32)/t12-,15?,16?,17?,18?/m0/s1. The molecule has 14 nitrogen and oxygen atoms in total. The molecule has 17 heteroatoms. The fraction of sp³-hybridized carbons (Fsp3) is 0.476. The van der Waals surface area contributed by atoms with Crippen LogP contribution in [0.3, 0.4) is 0 Å². The summed E-state index contributed by atoms with van der Waals surface area (Å²) in [5.41, 5.74) is 3.13. The van der Waals surface area contributed by atoms with E-state index in [1.807, 2.05) is 12.1 Å². The first-order chi connectivity index (χ1) is 17.9.